The van der Waals surface area contributed by atoms with Gasteiger partial charge in [-0.15, -0.1) is 0 Å². The summed E-state index contributed by atoms with van der Waals surface area (Å²) in [6.07, 6.45) is 3.56. The number of aliphatic hydroxyl groups excluding tert-OH is 1. The summed E-state index contributed by atoms with van der Waals surface area (Å²) in [5.41, 5.74) is 0. The van der Waals surface area contributed by atoms with Gasteiger partial charge in [-0.3, -0.25) is 4.79 Å². The van der Waals surface area contributed by atoms with Crippen LogP contribution < -0.4 is 0 Å². The number of aliphatic hydroxyl groups is 1. The zero-order valence-electron chi connectivity index (χ0n) is 7.47. The van der Waals surface area contributed by atoms with Crippen LogP contribution in [0.1, 0.15) is 46.0 Å². The van der Waals surface area contributed by atoms with Crippen LogP contribution in [0.5, 0.6) is 0 Å². The van der Waals surface area contributed by atoms with E-state index in [4.69, 9.17) is 5.11 Å². The van der Waals surface area contributed by atoms with Crippen LogP contribution in [0.3, 0.4) is 0 Å². The molecule has 0 fully saturated rings. The van der Waals surface area contributed by atoms with Gasteiger partial charge in [0.2, 0.25) is 0 Å². The minimum atomic E-state index is -0.333. The molecule has 1 atom stereocenters. The Hall–Kier alpha value is -0.370. The predicted octanol–water partition coefficient (Wildman–Crippen LogP) is 1.91. The number of rotatable bonds is 6. The number of hydrogen-bond donors (Lipinski definition) is 1. The summed E-state index contributed by atoms with van der Waals surface area (Å²) >= 11 is 0. The third-order valence-electron chi connectivity index (χ3n) is 1.65. The molecule has 0 aliphatic heterocycles. The molecule has 0 amide bonds. The molecule has 2 heteroatoms. The molecule has 0 bridgehead atoms. The van der Waals surface area contributed by atoms with Gasteiger partial charge >= 0.3 is 0 Å². The summed E-state index contributed by atoms with van der Waals surface area (Å²) < 4.78 is 0. The van der Waals surface area contributed by atoms with E-state index in [1.807, 2.05) is 0 Å². The highest BCUT2D eigenvalue weighted by Crippen LogP contribution is 2.03. The van der Waals surface area contributed by atoms with E-state index < -0.39 is 0 Å². The van der Waals surface area contributed by atoms with Crippen molar-refractivity contribution in [3.63, 3.8) is 0 Å². The molecule has 0 heterocycles. The van der Waals surface area contributed by atoms with Crippen LogP contribution in [0.15, 0.2) is 0 Å². The predicted molar refractivity (Wildman–Crippen MR) is 45.4 cm³/mol. The summed E-state index contributed by atoms with van der Waals surface area (Å²) in [7, 11) is 0. The highest BCUT2D eigenvalue weighted by molar-refractivity contribution is 5.78. The minimum absolute atomic E-state index is 0.285. The van der Waals surface area contributed by atoms with Gasteiger partial charge in [0.05, 0.1) is 6.10 Å². The van der Waals surface area contributed by atoms with Crippen LogP contribution in [0.4, 0.5) is 0 Å². The Morgan fingerprint density at radius 3 is 2.55 bits per heavy atom. The zero-order chi connectivity index (χ0) is 8.69. The molecular weight excluding hydrogens is 140 g/mol. The Kier molecular flexibility index (Phi) is 6.13. The number of carbonyl (C=O) groups is 1. The third-order valence-corrected chi connectivity index (χ3v) is 1.65. The third kappa shape index (κ3) is 7.53. The van der Waals surface area contributed by atoms with E-state index in [-0.39, 0.29) is 11.9 Å². The zero-order valence-corrected chi connectivity index (χ0v) is 7.47. The highest BCUT2D eigenvalue weighted by Gasteiger charge is 2.02. The van der Waals surface area contributed by atoms with Gasteiger partial charge in [-0.1, -0.05) is 13.3 Å². The average molecular weight is 158 g/mol. The normalized spacial score (nSPS) is 13.0. The lowest BCUT2D eigenvalue weighted by atomic mass is 10.1. The molecule has 0 aliphatic rings. The molecule has 0 aliphatic carbocycles. The monoisotopic (exact) mass is 158 g/mol. The van der Waals surface area contributed by atoms with Gasteiger partial charge < -0.3 is 5.11 Å². The fourth-order valence-electron chi connectivity index (χ4n) is 0.869. The second-order valence-corrected chi connectivity index (χ2v) is 3.03. The molecule has 0 saturated carbocycles. The molecule has 0 radical (unpaired) electrons. The lowest BCUT2D eigenvalue weighted by molar-refractivity contribution is -0.119. The van der Waals surface area contributed by atoms with Crippen molar-refractivity contribution in [3.05, 3.63) is 0 Å². The highest BCUT2D eigenvalue weighted by atomic mass is 16.3. The van der Waals surface area contributed by atoms with E-state index in [2.05, 4.69) is 6.92 Å². The first-order valence-electron chi connectivity index (χ1n) is 4.36. The van der Waals surface area contributed by atoms with Crippen molar-refractivity contribution >= 4 is 5.78 Å². The maximum atomic E-state index is 11.0. The molecule has 0 spiro atoms. The SMILES string of the molecule is CCCCC(=O)CCC(C)O. The Labute approximate surface area is 68.6 Å². The van der Waals surface area contributed by atoms with Crippen LogP contribution >= 0.6 is 0 Å². The number of Topliss-reactive ketones (excluding diaryl/α,β-unsaturated/α-hetero) is 1. The Bertz CT molecular complexity index is 108. The minimum Gasteiger partial charge on any atom is -0.393 e. The van der Waals surface area contributed by atoms with Crippen molar-refractivity contribution in [3.8, 4) is 0 Å². The molecule has 0 aromatic rings. The van der Waals surface area contributed by atoms with E-state index in [9.17, 15) is 4.79 Å². The summed E-state index contributed by atoms with van der Waals surface area (Å²) in [5, 5.41) is 8.87. The topological polar surface area (TPSA) is 37.3 Å². The Morgan fingerprint density at radius 2 is 2.09 bits per heavy atom. The van der Waals surface area contributed by atoms with Gasteiger partial charge in [0.15, 0.2) is 0 Å². The van der Waals surface area contributed by atoms with E-state index >= 15 is 0 Å². The van der Waals surface area contributed by atoms with Gasteiger partial charge in [-0.25, -0.2) is 0 Å². The molecule has 1 unspecified atom stereocenters. The lowest BCUT2D eigenvalue weighted by Crippen LogP contribution is -2.05. The smallest absolute Gasteiger partial charge is 0.133 e. The number of ketones is 1. The van der Waals surface area contributed by atoms with Gasteiger partial charge in [0.1, 0.15) is 5.78 Å². The fraction of sp³-hybridized carbons (Fsp3) is 0.889. The quantitative estimate of drug-likeness (QED) is 0.641. The molecular formula is C9H18O2. The second-order valence-electron chi connectivity index (χ2n) is 3.03. The summed E-state index contributed by atoms with van der Waals surface area (Å²) in [5.74, 6) is 0.285. The Balaban J connectivity index is 3.23. The molecule has 66 valence electrons. The average Bonchev–Trinajstić information content (AvgIpc) is 1.97. The van der Waals surface area contributed by atoms with Crippen molar-refractivity contribution in [2.24, 2.45) is 0 Å². The van der Waals surface area contributed by atoms with Gasteiger partial charge in [0, 0.05) is 12.8 Å². The first-order valence-corrected chi connectivity index (χ1v) is 4.36. The van der Waals surface area contributed by atoms with Crippen LogP contribution in [-0.2, 0) is 4.79 Å². The van der Waals surface area contributed by atoms with Crippen molar-refractivity contribution in [2.75, 3.05) is 0 Å². The largest absolute Gasteiger partial charge is 0.393 e. The van der Waals surface area contributed by atoms with Crippen LogP contribution in [0.25, 0.3) is 0 Å². The first-order chi connectivity index (χ1) is 5.16. The number of unbranched alkanes of at least 4 members (excludes halogenated alkanes) is 1. The molecule has 2 nitrogen and oxygen atoms in total. The number of hydrogen-bond acceptors (Lipinski definition) is 2. The lowest BCUT2D eigenvalue weighted by Gasteiger charge is -2.01. The van der Waals surface area contributed by atoms with Gasteiger partial charge in [-0.2, -0.15) is 0 Å². The first kappa shape index (κ1) is 10.6. The fourth-order valence-corrected chi connectivity index (χ4v) is 0.869. The summed E-state index contributed by atoms with van der Waals surface area (Å²) in [4.78, 5) is 11.0. The molecule has 0 saturated heterocycles. The van der Waals surface area contributed by atoms with Crippen molar-refractivity contribution in [1.82, 2.24) is 0 Å². The molecule has 0 rings (SSSR count). The molecule has 11 heavy (non-hydrogen) atoms. The summed E-state index contributed by atoms with van der Waals surface area (Å²) in [6, 6.07) is 0. The summed E-state index contributed by atoms with van der Waals surface area (Å²) in [6.45, 7) is 3.79. The van der Waals surface area contributed by atoms with Crippen molar-refractivity contribution in [1.29, 1.82) is 0 Å². The molecule has 0 aromatic carbocycles. The van der Waals surface area contributed by atoms with Crippen LogP contribution in [0, 0.1) is 0 Å². The maximum Gasteiger partial charge on any atom is 0.133 e. The van der Waals surface area contributed by atoms with E-state index in [1.54, 1.807) is 6.92 Å². The van der Waals surface area contributed by atoms with Crippen molar-refractivity contribution < 1.29 is 9.90 Å². The number of carbonyl (C=O) groups excluding carboxylic acids is 1. The van der Waals surface area contributed by atoms with E-state index in [0.717, 1.165) is 12.8 Å². The van der Waals surface area contributed by atoms with Crippen LogP contribution in [0.2, 0.25) is 0 Å². The Morgan fingerprint density at radius 1 is 1.45 bits per heavy atom. The van der Waals surface area contributed by atoms with E-state index in [1.165, 1.54) is 0 Å². The van der Waals surface area contributed by atoms with Gasteiger partial charge in [0.25, 0.3) is 0 Å². The van der Waals surface area contributed by atoms with Crippen molar-refractivity contribution in [2.45, 2.75) is 52.1 Å². The standard InChI is InChI=1S/C9H18O2/c1-3-4-5-9(11)7-6-8(2)10/h8,10H,3-7H2,1-2H3. The second kappa shape index (κ2) is 6.35. The molecule has 0 aromatic heterocycles. The van der Waals surface area contributed by atoms with E-state index in [0.29, 0.717) is 19.3 Å². The van der Waals surface area contributed by atoms with Crippen LogP contribution in [-0.4, -0.2) is 17.0 Å². The molecule has 1 N–H and O–H groups in total. The van der Waals surface area contributed by atoms with Gasteiger partial charge in [-0.05, 0) is 19.8 Å². The maximum absolute atomic E-state index is 11.0.